The summed E-state index contributed by atoms with van der Waals surface area (Å²) in [5.41, 5.74) is -0.308. The summed E-state index contributed by atoms with van der Waals surface area (Å²) in [6.07, 6.45) is -28.9. The summed E-state index contributed by atoms with van der Waals surface area (Å²) in [6, 6.07) is 5.32. The Bertz CT molecular complexity index is 2870. The summed E-state index contributed by atoms with van der Waals surface area (Å²) < 4.78 is 259. The number of ether oxygens (including phenoxy) is 6. The van der Waals surface area contributed by atoms with Crippen molar-refractivity contribution in [2.45, 2.75) is 80.9 Å². The Balaban J connectivity index is 1.59. The van der Waals surface area contributed by atoms with Gasteiger partial charge in [-0.3, -0.25) is 32.1 Å². The van der Waals surface area contributed by atoms with Crippen LogP contribution in [-0.4, -0.2) is 169 Å². The van der Waals surface area contributed by atoms with Gasteiger partial charge in [-0.15, -0.1) is 0 Å². The fraction of sp³-hybridized carbons (Fsp3) is 0.536. The molecule has 2 saturated heterocycles. The molecule has 33 nitrogen and oxygen atoms in total. The molecule has 2 aromatic rings. The molecule has 1 unspecified atom stereocenters. The Labute approximate surface area is 377 Å². The van der Waals surface area contributed by atoms with Gasteiger partial charge in [-0.1, -0.05) is 6.07 Å². The van der Waals surface area contributed by atoms with E-state index in [1.165, 1.54) is 25.3 Å². The number of fused-ring (bicyclic) bond motifs is 1. The van der Waals surface area contributed by atoms with Crippen LogP contribution in [0.2, 0.25) is 0 Å². The predicted molar refractivity (Wildman–Crippen MR) is 203 cm³/mol. The lowest BCUT2D eigenvalue weighted by Gasteiger charge is -2.45. The third-order valence-electron chi connectivity index (χ3n) is 8.94. The topological polar surface area (TPSA) is 495 Å². The number of aromatic hydroxyl groups is 2. The first-order valence-electron chi connectivity index (χ1n) is 17.5. The van der Waals surface area contributed by atoms with E-state index < -0.39 is 172 Å². The molecule has 380 valence electrons. The number of carbonyl (C=O) groups excluding carboxylic acids is 1. The van der Waals surface area contributed by atoms with Crippen molar-refractivity contribution in [3.63, 3.8) is 0 Å². The summed E-state index contributed by atoms with van der Waals surface area (Å²) in [4.78, 5) is 13.2. The number of Topliss-reactive ketones (excluding diaryl/α,β-unsaturated/α-hetero) is 1. The van der Waals surface area contributed by atoms with E-state index in [0.29, 0.717) is 6.07 Å². The van der Waals surface area contributed by atoms with Crippen LogP contribution in [0.25, 0.3) is 0 Å². The minimum Gasteiger partial charge on any atom is -0.507 e. The maximum Gasteiger partial charge on any atom is 0.397 e. The van der Waals surface area contributed by atoms with Gasteiger partial charge in [-0.05, 0) is 24.6 Å². The van der Waals surface area contributed by atoms with Gasteiger partial charge in [0.2, 0.25) is 6.29 Å². The van der Waals surface area contributed by atoms with Crippen LogP contribution in [0.3, 0.4) is 0 Å². The van der Waals surface area contributed by atoms with Crippen LogP contribution in [-0.2, 0) is 102 Å². The summed E-state index contributed by atoms with van der Waals surface area (Å²) in [7, 11) is -34.1. The van der Waals surface area contributed by atoms with Gasteiger partial charge >= 0.3 is 62.4 Å². The largest absolute Gasteiger partial charge is 0.507 e. The summed E-state index contributed by atoms with van der Waals surface area (Å²) in [5.74, 6) is -3.33. The molecule has 0 aliphatic carbocycles. The normalized spacial score (nSPS) is 28.8. The molecule has 67 heavy (non-hydrogen) atoms. The van der Waals surface area contributed by atoms with Gasteiger partial charge in [0.1, 0.15) is 59.4 Å². The SMILES string of the molecule is COc1ccc(C2CC(=O)c3c(O)cc(O[C@@H]4O[C@H](CO[C@H]5O[C@H](C)[C@@H](OS(=O)(=O)O)[C@H](OS(=O)(=O)O)[C@@H]5OS(=O)(=O)O)[C@@H](OS(=O)(=O)O)[C@H](OS(=O)(=O)O)[C@H]4OS(=O)(=O)O)cc3O2)cc1O. The van der Waals surface area contributed by atoms with E-state index >= 15 is 0 Å². The monoisotopic (exact) mass is 1090 g/mol. The Morgan fingerprint density at radius 1 is 0.597 bits per heavy atom. The molecule has 2 aromatic carbocycles. The maximum absolute atomic E-state index is 13.2. The Morgan fingerprint density at radius 2 is 1.07 bits per heavy atom. The Kier molecular flexibility index (Phi) is 16.1. The zero-order valence-electron chi connectivity index (χ0n) is 32.9. The molecule has 11 atom stereocenters. The van der Waals surface area contributed by atoms with Crippen molar-refractivity contribution in [2.75, 3.05) is 13.7 Å². The number of hydrogen-bond acceptors (Lipinski definition) is 27. The quantitative estimate of drug-likeness (QED) is 0.0692. The zero-order valence-corrected chi connectivity index (χ0v) is 37.8. The van der Waals surface area contributed by atoms with Gasteiger partial charge in [0, 0.05) is 12.1 Å². The minimum atomic E-state index is -6.01. The molecule has 3 heterocycles. The van der Waals surface area contributed by atoms with E-state index in [9.17, 15) is 92.8 Å². The number of phenols is 2. The van der Waals surface area contributed by atoms with Crippen molar-refractivity contribution in [3.05, 3.63) is 41.5 Å². The number of ketones is 1. The van der Waals surface area contributed by atoms with Crippen molar-refractivity contribution in [2.24, 2.45) is 0 Å². The lowest BCUT2D eigenvalue weighted by molar-refractivity contribution is -0.306. The predicted octanol–water partition coefficient (Wildman–Crippen LogP) is -2.19. The van der Waals surface area contributed by atoms with Crippen molar-refractivity contribution in [1.29, 1.82) is 0 Å². The fourth-order valence-electron chi connectivity index (χ4n) is 6.63. The number of carbonyl (C=O) groups is 1. The van der Waals surface area contributed by atoms with Crippen LogP contribution in [0.4, 0.5) is 0 Å². The number of rotatable bonds is 19. The standard InChI is InChI=1S/C28H34O33S6/c1-10-21(56-62(32,33)34)23(58-64(38,39)40)25(60-66(44,45)46)27(52-10)51-9-19-22(57-63(35,36)37)24(59-65(41,42)43)26(61-67(47,48)49)28(55-19)53-12-6-14(30)20-15(31)8-17(54-18(20)7-12)11-3-4-16(50-2)13(29)5-11/h3-7,10,17,19,21-30H,8-9H2,1-2H3,(H,32,33,34)(H,35,36,37)(H,38,39,40)(H,41,42,43)(H,44,45,46)(H,47,48,49)/t10-,17?,19-,21-,22-,23+,24+,25+,26-,27+,28-/m1/s1. The first-order valence-corrected chi connectivity index (χ1v) is 25.7. The van der Waals surface area contributed by atoms with E-state index in [-0.39, 0.29) is 17.1 Å². The molecular weight excluding hydrogens is 1060 g/mol. The van der Waals surface area contributed by atoms with Gasteiger partial charge in [0.15, 0.2) is 35.8 Å². The highest BCUT2D eigenvalue weighted by Crippen LogP contribution is 2.44. The molecule has 3 aliphatic heterocycles. The third-order valence-corrected chi connectivity index (χ3v) is 11.7. The summed E-state index contributed by atoms with van der Waals surface area (Å²) >= 11 is 0. The molecule has 0 bridgehead atoms. The van der Waals surface area contributed by atoms with Gasteiger partial charge < -0.3 is 38.6 Å². The van der Waals surface area contributed by atoms with Crippen molar-refractivity contribution < 1.29 is 146 Å². The molecular formula is C28H34O33S6. The molecule has 8 N–H and O–H groups in total. The minimum absolute atomic E-state index is 0.0272. The van der Waals surface area contributed by atoms with E-state index in [2.05, 4.69) is 25.1 Å². The lowest BCUT2D eigenvalue weighted by Crippen LogP contribution is -2.65. The molecule has 0 aromatic heterocycles. The molecule has 3 aliphatic rings. The van der Waals surface area contributed by atoms with Gasteiger partial charge in [0.05, 0.1) is 26.2 Å². The fourth-order valence-corrected chi connectivity index (χ4v) is 9.65. The molecule has 0 spiro atoms. The highest BCUT2D eigenvalue weighted by atomic mass is 32.3. The van der Waals surface area contributed by atoms with E-state index in [1.807, 2.05) is 0 Å². The highest BCUT2D eigenvalue weighted by molar-refractivity contribution is 7.82. The van der Waals surface area contributed by atoms with E-state index in [4.69, 9.17) is 28.4 Å². The van der Waals surface area contributed by atoms with Crippen LogP contribution in [0.5, 0.6) is 28.7 Å². The lowest BCUT2D eigenvalue weighted by atomic mass is 9.95. The average Bonchev–Trinajstić information content (AvgIpc) is 3.12. The highest BCUT2D eigenvalue weighted by Gasteiger charge is 2.57. The number of phenolic OH excluding ortho intramolecular Hbond substituents is 2. The molecule has 5 rings (SSSR count). The van der Waals surface area contributed by atoms with Crippen LogP contribution in [0, 0.1) is 0 Å². The average molecular weight is 1090 g/mol. The van der Waals surface area contributed by atoms with Gasteiger partial charge in [0.25, 0.3) is 0 Å². The molecule has 39 heteroatoms. The number of methoxy groups -OCH3 is 1. The molecule has 0 amide bonds. The number of hydrogen-bond donors (Lipinski definition) is 8. The van der Waals surface area contributed by atoms with Crippen LogP contribution >= 0.6 is 0 Å². The van der Waals surface area contributed by atoms with Crippen LogP contribution in [0.1, 0.15) is 35.4 Å². The molecule has 0 radical (unpaired) electrons. The second-order valence-corrected chi connectivity index (χ2v) is 19.9. The van der Waals surface area contributed by atoms with Crippen molar-refractivity contribution in [3.8, 4) is 28.7 Å². The van der Waals surface area contributed by atoms with Crippen LogP contribution < -0.4 is 14.2 Å². The first-order chi connectivity index (χ1) is 30.5. The Hall–Kier alpha value is -3.79. The maximum atomic E-state index is 13.2. The second-order valence-electron chi connectivity index (χ2n) is 13.6. The van der Waals surface area contributed by atoms with Gasteiger partial charge in [-0.2, -0.15) is 50.5 Å². The Morgan fingerprint density at radius 3 is 1.58 bits per heavy atom. The van der Waals surface area contributed by atoms with E-state index in [0.717, 1.165) is 13.0 Å². The molecule has 2 fully saturated rings. The summed E-state index contributed by atoms with van der Waals surface area (Å²) in [5, 5.41) is 21.2. The zero-order chi connectivity index (χ0) is 50.4. The van der Waals surface area contributed by atoms with Gasteiger partial charge in [-0.25, -0.2) is 25.1 Å². The van der Waals surface area contributed by atoms with Crippen LogP contribution in [0.15, 0.2) is 30.3 Å². The first kappa shape index (κ1) is 54.2. The smallest absolute Gasteiger partial charge is 0.397 e. The van der Waals surface area contributed by atoms with E-state index in [1.54, 1.807) is 0 Å². The van der Waals surface area contributed by atoms with Crippen molar-refractivity contribution in [1.82, 2.24) is 0 Å². The number of benzene rings is 2. The second kappa shape index (κ2) is 19.9. The summed E-state index contributed by atoms with van der Waals surface area (Å²) in [6.45, 7) is -0.804. The third kappa shape index (κ3) is 15.1. The molecule has 0 saturated carbocycles. The van der Waals surface area contributed by atoms with Crippen molar-refractivity contribution >= 4 is 68.2 Å².